The van der Waals surface area contributed by atoms with Crippen LogP contribution in [0.2, 0.25) is 0 Å². The Balaban J connectivity index is 2.06. The number of nitrogens with two attached hydrogens (primary N) is 1. The maximum Gasteiger partial charge on any atom is 0.344 e. The Morgan fingerprint density at radius 2 is 1.55 bits per heavy atom. The maximum atomic E-state index is 12.7. The van der Waals surface area contributed by atoms with Crippen molar-refractivity contribution in [2.24, 2.45) is 5.73 Å². The zero-order valence-electron chi connectivity index (χ0n) is 26.3. The number of carbonyl (C=O) groups is 3. The number of fused-ring (bicyclic) bond motifs is 3. The molecule has 0 aliphatic heterocycles. The molecule has 0 saturated carbocycles. The number of aryl methyl sites for hydroxylation is 4. The summed E-state index contributed by atoms with van der Waals surface area (Å²) >= 11 is 0. The van der Waals surface area contributed by atoms with Crippen molar-refractivity contribution in [3.63, 3.8) is 0 Å². The molecule has 0 spiro atoms. The van der Waals surface area contributed by atoms with Gasteiger partial charge in [-0.15, -0.1) is 0 Å². The quantitative estimate of drug-likeness (QED) is 0.103. The van der Waals surface area contributed by atoms with Gasteiger partial charge in [-0.05, 0) is 92.5 Å². The number of carboxylic acid groups (broad SMARTS) is 1. The highest BCUT2D eigenvalue weighted by atomic mass is 16.6. The highest BCUT2D eigenvalue weighted by molar-refractivity contribution is 6.20. The molecule has 3 N–H and O–H groups in total. The van der Waals surface area contributed by atoms with E-state index in [1.54, 1.807) is 13.0 Å². The van der Waals surface area contributed by atoms with Crippen molar-refractivity contribution in [2.45, 2.75) is 85.5 Å². The smallest absolute Gasteiger partial charge is 0.344 e. The fourth-order valence-corrected chi connectivity index (χ4v) is 6.09. The minimum atomic E-state index is -1.03. The lowest BCUT2D eigenvalue weighted by Gasteiger charge is -2.16. The number of carboxylic acids is 1. The first-order valence-corrected chi connectivity index (χ1v) is 15.7. The van der Waals surface area contributed by atoms with E-state index in [0.29, 0.717) is 35.8 Å². The van der Waals surface area contributed by atoms with E-state index >= 15 is 0 Å². The molecule has 8 heteroatoms. The average molecular weight is 601 g/mol. The van der Waals surface area contributed by atoms with Crippen LogP contribution in [0.5, 0.6) is 5.75 Å². The number of rotatable bonds is 16. The molecule has 0 aliphatic carbocycles. The predicted molar refractivity (Wildman–Crippen MR) is 174 cm³/mol. The first-order chi connectivity index (χ1) is 21.2. The van der Waals surface area contributed by atoms with Gasteiger partial charge < -0.3 is 24.9 Å². The van der Waals surface area contributed by atoms with Crippen LogP contribution in [-0.4, -0.2) is 40.7 Å². The Bertz CT molecular complexity index is 1640. The number of primary amides is 1. The number of aromatic nitrogens is 1. The number of nitrogens with zero attached hydrogens (tertiary/aromatic N) is 1. The summed E-state index contributed by atoms with van der Waals surface area (Å²) in [5, 5.41) is 11.6. The molecule has 1 amide bonds. The number of carbonyl (C=O) groups excluding carboxylic acids is 2. The lowest BCUT2D eigenvalue weighted by atomic mass is 9.99. The Labute approximate surface area is 259 Å². The van der Waals surface area contributed by atoms with Gasteiger partial charge >= 0.3 is 11.9 Å². The second-order valence-electron chi connectivity index (χ2n) is 11.4. The second-order valence-corrected chi connectivity index (χ2v) is 11.4. The maximum absolute atomic E-state index is 12.7. The van der Waals surface area contributed by atoms with Crippen LogP contribution in [0.3, 0.4) is 0 Å². The van der Waals surface area contributed by atoms with E-state index in [-0.39, 0.29) is 24.7 Å². The van der Waals surface area contributed by atoms with Crippen LogP contribution < -0.4 is 10.5 Å². The van der Waals surface area contributed by atoms with Gasteiger partial charge in [-0.3, -0.25) is 4.79 Å². The minimum absolute atomic E-state index is 0.174. The molecular formula is C36H44N2O6. The topological polar surface area (TPSA) is 121 Å². The first kappa shape index (κ1) is 32.6. The summed E-state index contributed by atoms with van der Waals surface area (Å²) in [5.41, 5.74) is 12.6. The monoisotopic (exact) mass is 600 g/mol. The molecule has 0 unspecified atom stereocenters. The number of hydrogen-bond donors (Lipinski definition) is 2. The van der Waals surface area contributed by atoms with Gasteiger partial charge in [0.2, 0.25) is 5.91 Å². The number of hydrogen-bond acceptors (Lipinski definition) is 5. The van der Waals surface area contributed by atoms with E-state index < -0.39 is 11.9 Å². The molecule has 0 aliphatic rings. The first-order valence-electron chi connectivity index (χ1n) is 15.7. The van der Waals surface area contributed by atoms with Crippen LogP contribution in [0, 0.1) is 6.92 Å². The van der Waals surface area contributed by atoms with Crippen molar-refractivity contribution >= 4 is 39.7 Å². The minimum Gasteiger partial charge on any atom is -0.481 e. The summed E-state index contributed by atoms with van der Waals surface area (Å²) in [6, 6.07) is 14.0. The van der Waals surface area contributed by atoms with Gasteiger partial charge in [0.25, 0.3) is 0 Å². The average Bonchev–Trinajstić information content (AvgIpc) is 3.34. The molecule has 234 valence electrons. The Morgan fingerprint density at radius 1 is 0.841 bits per heavy atom. The number of amides is 1. The van der Waals surface area contributed by atoms with Crippen LogP contribution in [0.15, 0.2) is 42.5 Å². The van der Waals surface area contributed by atoms with Crippen molar-refractivity contribution in [3.05, 3.63) is 70.3 Å². The fraction of sp³-hybridized carbons (Fsp3) is 0.417. The van der Waals surface area contributed by atoms with E-state index in [1.807, 2.05) is 25.1 Å². The summed E-state index contributed by atoms with van der Waals surface area (Å²) in [5.74, 6) is -1.40. The molecule has 1 heterocycles. The Hall–Kier alpha value is -4.33. The Kier molecular flexibility index (Phi) is 11.0. The van der Waals surface area contributed by atoms with Gasteiger partial charge in [-0.1, -0.05) is 51.3 Å². The van der Waals surface area contributed by atoms with Crippen LogP contribution in [0.4, 0.5) is 0 Å². The van der Waals surface area contributed by atoms with E-state index in [9.17, 15) is 19.5 Å². The Morgan fingerprint density at radius 3 is 2.16 bits per heavy atom. The normalized spacial score (nSPS) is 11.3. The summed E-state index contributed by atoms with van der Waals surface area (Å²) in [7, 11) is 0. The lowest BCUT2D eigenvalue weighted by Crippen LogP contribution is -2.14. The number of benzene rings is 3. The number of ether oxygens (including phenoxy) is 2. The number of unbranched alkanes of at least 4 members (excludes halogenated alkanes) is 2. The third-order valence-electron chi connectivity index (χ3n) is 7.92. The zero-order chi connectivity index (χ0) is 31.8. The molecular weight excluding hydrogens is 556 g/mol. The molecule has 0 saturated heterocycles. The fourth-order valence-electron chi connectivity index (χ4n) is 6.09. The van der Waals surface area contributed by atoms with E-state index in [1.165, 1.54) is 11.1 Å². The molecule has 0 bridgehead atoms. The molecule has 3 aromatic carbocycles. The second kappa shape index (κ2) is 14.9. The number of esters is 1. The standard InChI is InChI=1S/C36H44N2O6/c1-5-11-24-19-25(12-6-2)21-27(20-24)38-34-23(4)15-17-28(36(41)42)32(34)33-29(44-22-31(40)43-7-3)18-16-26(35(33)38)13-9-8-10-14-30(37)39/h15-21H,5-14,22H2,1-4H3,(H2,37,39)(H,41,42). The lowest BCUT2D eigenvalue weighted by molar-refractivity contribution is -0.145. The van der Waals surface area contributed by atoms with Gasteiger partial charge in [0.1, 0.15) is 5.75 Å². The van der Waals surface area contributed by atoms with Gasteiger partial charge in [-0.2, -0.15) is 0 Å². The van der Waals surface area contributed by atoms with Crippen molar-refractivity contribution < 1.29 is 29.0 Å². The summed E-state index contributed by atoms with van der Waals surface area (Å²) < 4.78 is 13.4. The van der Waals surface area contributed by atoms with Crippen LogP contribution >= 0.6 is 0 Å². The van der Waals surface area contributed by atoms with Crippen molar-refractivity contribution in [1.82, 2.24) is 4.57 Å². The molecule has 4 rings (SSSR count). The highest BCUT2D eigenvalue weighted by Crippen LogP contribution is 2.43. The van der Waals surface area contributed by atoms with Crippen molar-refractivity contribution in [1.29, 1.82) is 0 Å². The largest absolute Gasteiger partial charge is 0.481 e. The molecule has 0 radical (unpaired) electrons. The highest BCUT2D eigenvalue weighted by Gasteiger charge is 2.25. The van der Waals surface area contributed by atoms with E-state index in [4.69, 9.17) is 15.2 Å². The van der Waals surface area contributed by atoms with Gasteiger partial charge in [0, 0.05) is 17.5 Å². The van der Waals surface area contributed by atoms with Gasteiger partial charge in [-0.25, -0.2) is 9.59 Å². The SMILES string of the molecule is CCCc1cc(CCC)cc(-n2c3c(C)ccc(C(=O)O)c3c3c(OCC(=O)OCC)ccc(CCCCCC(N)=O)c32)c1. The third kappa shape index (κ3) is 7.24. The van der Waals surface area contributed by atoms with Gasteiger partial charge in [0.15, 0.2) is 6.61 Å². The van der Waals surface area contributed by atoms with Crippen molar-refractivity contribution in [2.75, 3.05) is 13.2 Å². The third-order valence-corrected chi connectivity index (χ3v) is 7.92. The summed E-state index contributed by atoms with van der Waals surface area (Å²) in [6.45, 7) is 8.02. The van der Waals surface area contributed by atoms with Crippen molar-refractivity contribution in [3.8, 4) is 11.4 Å². The van der Waals surface area contributed by atoms with Crippen LogP contribution in [0.1, 0.15) is 91.9 Å². The van der Waals surface area contributed by atoms with E-state index in [2.05, 4.69) is 36.6 Å². The molecule has 8 nitrogen and oxygen atoms in total. The number of aromatic carboxylic acids is 1. The van der Waals surface area contributed by atoms with E-state index in [0.717, 1.165) is 66.4 Å². The zero-order valence-corrected chi connectivity index (χ0v) is 26.3. The molecule has 4 aromatic rings. The molecule has 0 atom stereocenters. The predicted octanol–water partition coefficient (Wildman–Crippen LogP) is 7.23. The summed E-state index contributed by atoms with van der Waals surface area (Å²) in [6.07, 6.45) is 7.31. The van der Waals surface area contributed by atoms with Crippen LogP contribution in [-0.2, 0) is 33.6 Å². The molecule has 0 fully saturated rings. The van der Waals surface area contributed by atoms with Gasteiger partial charge in [0.05, 0.1) is 28.6 Å². The van der Waals surface area contributed by atoms with Crippen LogP contribution in [0.25, 0.3) is 27.5 Å². The molecule has 44 heavy (non-hydrogen) atoms. The molecule has 1 aromatic heterocycles. The summed E-state index contributed by atoms with van der Waals surface area (Å²) in [4.78, 5) is 36.3.